The molecule has 0 aromatic heterocycles. The third-order valence-corrected chi connectivity index (χ3v) is 4.82. The second-order valence-corrected chi connectivity index (χ2v) is 5.64. The maximum atomic E-state index is 12.4. The van der Waals surface area contributed by atoms with Crippen LogP contribution in [-0.4, -0.2) is 38.0 Å². The number of rotatable bonds is 6. The summed E-state index contributed by atoms with van der Waals surface area (Å²) < 4.78 is 31.2. The molecule has 0 unspecified atom stereocenters. The van der Waals surface area contributed by atoms with Crippen LogP contribution in [0.1, 0.15) is 19.4 Å². The topological polar surface area (TPSA) is 66.8 Å². The summed E-state index contributed by atoms with van der Waals surface area (Å²) >= 11 is 0. The second-order valence-electron chi connectivity index (χ2n) is 3.73. The van der Waals surface area contributed by atoms with Crippen molar-refractivity contribution in [1.82, 2.24) is 4.31 Å². The van der Waals surface area contributed by atoms with E-state index in [-0.39, 0.29) is 17.3 Å². The number of benzene rings is 1. The van der Waals surface area contributed by atoms with E-state index in [1.807, 2.05) is 0 Å². The molecular weight excluding hydrogens is 254 g/mol. The van der Waals surface area contributed by atoms with Crippen LogP contribution in [0, 0.1) is 0 Å². The van der Waals surface area contributed by atoms with E-state index in [2.05, 4.69) is 0 Å². The van der Waals surface area contributed by atoms with Crippen LogP contribution in [0.3, 0.4) is 0 Å². The Kier molecular flexibility index (Phi) is 5.13. The molecule has 0 saturated carbocycles. The van der Waals surface area contributed by atoms with Crippen LogP contribution in [0.15, 0.2) is 23.1 Å². The standard InChI is InChI=1S/C12H19NO4S/c1-4-13(5-2)18(15,16)12-7-6-10(9-14)8-11(12)17-3/h6-8,14H,4-5,9H2,1-3H3. The molecule has 1 N–H and O–H groups in total. The summed E-state index contributed by atoms with van der Waals surface area (Å²) in [5.74, 6) is 0.258. The van der Waals surface area contributed by atoms with Gasteiger partial charge in [0.2, 0.25) is 10.0 Å². The summed E-state index contributed by atoms with van der Waals surface area (Å²) in [6.07, 6.45) is 0. The summed E-state index contributed by atoms with van der Waals surface area (Å²) in [6, 6.07) is 4.59. The van der Waals surface area contributed by atoms with Crippen LogP contribution < -0.4 is 4.74 Å². The summed E-state index contributed by atoms with van der Waals surface area (Å²) in [6.45, 7) is 4.24. The van der Waals surface area contributed by atoms with E-state index in [0.29, 0.717) is 18.7 Å². The van der Waals surface area contributed by atoms with E-state index >= 15 is 0 Å². The van der Waals surface area contributed by atoms with Crippen LogP contribution in [-0.2, 0) is 16.6 Å². The van der Waals surface area contributed by atoms with Crippen molar-refractivity contribution in [2.75, 3.05) is 20.2 Å². The lowest BCUT2D eigenvalue weighted by molar-refractivity contribution is 0.280. The molecule has 1 aromatic rings. The molecule has 0 saturated heterocycles. The molecule has 0 heterocycles. The largest absolute Gasteiger partial charge is 0.495 e. The minimum Gasteiger partial charge on any atom is -0.495 e. The molecule has 0 radical (unpaired) electrons. The molecule has 1 aromatic carbocycles. The Bertz CT molecular complexity index is 495. The highest BCUT2D eigenvalue weighted by Gasteiger charge is 2.25. The Morgan fingerprint density at radius 1 is 1.28 bits per heavy atom. The van der Waals surface area contributed by atoms with Gasteiger partial charge in [-0.15, -0.1) is 0 Å². The van der Waals surface area contributed by atoms with Crippen molar-refractivity contribution >= 4 is 10.0 Å². The maximum Gasteiger partial charge on any atom is 0.246 e. The Balaban J connectivity index is 3.32. The summed E-state index contributed by atoms with van der Waals surface area (Å²) in [5, 5.41) is 9.04. The number of hydrogen-bond donors (Lipinski definition) is 1. The first-order chi connectivity index (χ1) is 8.51. The van der Waals surface area contributed by atoms with Gasteiger partial charge in [0, 0.05) is 13.1 Å². The van der Waals surface area contributed by atoms with Crippen molar-refractivity contribution in [2.24, 2.45) is 0 Å². The van der Waals surface area contributed by atoms with Gasteiger partial charge in [0.1, 0.15) is 10.6 Å². The fourth-order valence-corrected chi connectivity index (χ4v) is 3.32. The van der Waals surface area contributed by atoms with Crippen molar-refractivity contribution in [1.29, 1.82) is 0 Å². The van der Waals surface area contributed by atoms with E-state index in [4.69, 9.17) is 9.84 Å². The molecule has 0 fully saturated rings. The van der Waals surface area contributed by atoms with Crippen LogP contribution >= 0.6 is 0 Å². The highest BCUT2D eigenvalue weighted by molar-refractivity contribution is 7.89. The lowest BCUT2D eigenvalue weighted by Gasteiger charge is -2.20. The highest BCUT2D eigenvalue weighted by atomic mass is 32.2. The number of hydrogen-bond acceptors (Lipinski definition) is 4. The molecule has 1 rings (SSSR count). The average molecular weight is 273 g/mol. The predicted molar refractivity (Wildman–Crippen MR) is 69.0 cm³/mol. The normalized spacial score (nSPS) is 11.8. The molecule has 0 atom stereocenters. The van der Waals surface area contributed by atoms with E-state index in [9.17, 15) is 8.42 Å². The van der Waals surface area contributed by atoms with Crippen LogP contribution in [0.4, 0.5) is 0 Å². The smallest absolute Gasteiger partial charge is 0.246 e. The predicted octanol–water partition coefficient (Wildman–Crippen LogP) is 1.22. The number of ether oxygens (including phenoxy) is 1. The SMILES string of the molecule is CCN(CC)S(=O)(=O)c1ccc(CO)cc1OC. The van der Waals surface area contributed by atoms with Gasteiger partial charge in [0.25, 0.3) is 0 Å². The number of sulfonamides is 1. The lowest BCUT2D eigenvalue weighted by Crippen LogP contribution is -2.30. The van der Waals surface area contributed by atoms with E-state index < -0.39 is 10.0 Å². The molecular formula is C12H19NO4S. The van der Waals surface area contributed by atoms with Gasteiger partial charge >= 0.3 is 0 Å². The van der Waals surface area contributed by atoms with Crippen molar-refractivity contribution < 1.29 is 18.3 Å². The molecule has 0 spiro atoms. The molecule has 0 aliphatic rings. The van der Waals surface area contributed by atoms with Gasteiger partial charge in [-0.1, -0.05) is 19.9 Å². The molecule has 0 aliphatic carbocycles. The highest BCUT2D eigenvalue weighted by Crippen LogP contribution is 2.27. The zero-order valence-electron chi connectivity index (χ0n) is 10.9. The van der Waals surface area contributed by atoms with Crippen molar-refractivity contribution in [3.05, 3.63) is 23.8 Å². The minimum absolute atomic E-state index is 0.130. The van der Waals surface area contributed by atoms with Gasteiger partial charge in [0.15, 0.2) is 0 Å². The van der Waals surface area contributed by atoms with Gasteiger partial charge < -0.3 is 9.84 Å². The minimum atomic E-state index is -3.54. The average Bonchev–Trinajstić information content (AvgIpc) is 2.38. The Labute approximate surface area is 108 Å². The van der Waals surface area contributed by atoms with Gasteiger partial charge in [-0.25, -0.2) is 8.42 Å². The zero-order chi connectivity index (χ0) is 13.8. The summed E-state index contributed by atoms with van der Waals surface area (Å²) in [4.78, 5) is 0.130. The Morgan fingerprint density at radius 2 is 1.89 bits per heavy atom. The quantitative estimate of drug-likeness (QED) is 0.846. The number of aliphatic hydroxyl groups is 1. The van der Waals surface area contributed by atoms with Gasteiger partial charge in [0.05, 0.1) is 13.7 Å². The number of aliphatic hydroxyl groups excluding tert-OH is 1. The van der Waals surface area contributed by atoms with Crippen LogP contribution in [0.5, 0.6) is 5.75 Å². The van der Waals surface area contributed by atoms with E-state index in [1.165, 1.54) is 23.5 Å². The van der Waals surface area contributed by atoms with Crippen molar-refractivity contribution in [2.45, 2.75) is 25.3 Å². The summed E-state index contributed by atoms with van der Waals surface area (Å²) in [7, 11) is -2.13. The third kappa shape index (κ3) is 2.82. The van der Waals surface area contributed by atoms with Crippen molar-refractivity contribution in [3.63, 3.8) is 0 Å². The second kappa shape index (κ2) is 6.17. The third-order valence-electron chi connectivity index (χ3n) is 2.73. The molecule has 0 aliphatic heterocycles. The molecule has 0 amide bonds. The molecule has 0 bridgehead atoms. The maximum absolute atomic E-state index is 12.4. The Morgan fingerprint density at radius 3 is 2.33 bits per heavy atom. The number of nitrogens with zero attached hydrogens (tertiary/aromatic N) is 1. The first-order valence-electron chi connectivity index (χ1n) is 5.79. The fourth-order valence-electron chi connectivity index (χ4n) is 1.73. The van der Waals surface area contributed by atoms with Gasteiger partial charge in [-0.2, -0.15) is 4.31 Å². The monoisotopic (exact) mass is 273 g/mol. The van der Waals surface area contributed by atoms with Crippen molar-refractivity contribution in [3.8, 4) is 5.75 Å². The molecule has 6 heteroatoms. The van der Waals surface area contributed by atoms with E-state index in [1.54, 1.807) is 19.9 Å². The van der Waals surface area contributed by atoms with Gasteiger partial charge in [-0.3, -0.25) is 0 Å². The molecule has 5 nitrogen and oxygen atoms in total. The summed E-state index contributed by atoms with van der Waals surface area (Å²) in [5.41, 5.74) is 0.616. The first kappa shape index (κ1) is 14.9. The number of methoxy groups -OCH3 is 1. The van der Waals surface area contributed by atoms with Crippen LogP contribution in [0.2, 0.25) is 0 Å². The fraction of sp³-hybridized carbons (Fsp3) is 0.500. The van der Waals surface area contributed by atoms with E-state index in [0.717, 1.165) is 0 Å². The zero-order valence-corrected chi connectivity index (χ0v) is 11.7. The first-order valence-corrected chi connectivity index (χ1v) is 7.23. The van der Waals surface area contributed by atoms with Gasteiger partial charge in [-0.05, 0) is 17.7 Å². The molecule has 102 valence electrons. The Hall–Kier alpha value is -1.11. The molecule has 18 heavy (non-hydrogen) atoms. The lowest BCUT2D eigenvalue weighted by atomic mass is 10.2. The van der Waals surface area contributed by atoms with Crippen LogP contribution in [0.25, 0.3) is 0 Å².